The number of methoxy groups -OCH3 is 2. The number of phenols is 1. The van der Waals surface area contributed by atoms with Gasteiger partial charge in [-0.15, -0.1) is 11.6 Å². The molecule has 4 aromatic rings. The van der Waals surface area contributed by atoms with Gasteiger partial charge in [-0.3, -0.25) is 19.4 Å². The van der Waals surface area contributed by atoms with E-state index in [0.717, 1.165) is 84.9 Å². The van der Waals surface area contributed by atoms with Gasteiger partial charge in [0.25, 0.3) is 11.8 Å². The molecule has 6 rings (SSSR count). The van der Waals surface area contributed by atoms with E-state index < -0.39 is 0 Å². The molecule has 2 saturated heterocycles. The number of ether oxygens (including phenoxy) is 3. The minimum Gasteiger partial charge on any atom is -0.508 e. The van der Waals surface area contributed by atoms with Crippen molar-refractivity contribution in [2.24, 2.45) is 0 Å². The number of alkyl halides is 2. The van der Waals surface area contributed by atoms with Crippen molar-refractivity contribution in [1.82, 2.24) is 0 Å². The number of β-lactam (4-membered cyclic amide) rings is 2. The normalized spacial score (nSPS) is 15.8. The molecule has 304 valence electrons. The van der Waals surface area contributed by atoms with E-state index in [4.69, 9.17) is 25.8 Å². The number of aromatic hydroxyl groups is 1. The molecule has 2 aliphatic rings. The summed E-state index contributed by atoms with van der Waals surface area (Å²) in [6.07, 6.45) is 3.39. The third-order valence-corrected chi connectivity index (χ3v) is 11.3. The number of hydrogen-bond acceptors (Lipinski definition) is 6. The zero-order valence-electron chi connectivity index (χ0n) is 34.7. The van der Waals surface area contributed by atoms with Crippen LogP contribution in [0.1, 0.15) is 82.8 Å². The van der Waals surface area contributed by atoms with Crippen LogP contribution in [0.5, 0.6) is 23.0 Å². The van der Waals surface area contributed by atoms with E-state index in [2.05, 4.69) is 36.0 Å². The summed E-state index contributed by atoms with van der Waals surface area (Å²) in [6.45, 7) is 22.5. The van der Waals surface area contributed by atoms with Gasteiger partial charge in [0.15, 0.2) is 0 Å². The van der Waals surface area contributed by atoms with Gasteiger partial charge in [0, 0.05) is 45.9 Å². The fourth-order valence-corrected chi connectivity index (χ4v) is 7.29. The molecule has 0 aliphatic carbocycles. The summed E-state index contributed by atoms with van der Waals surface area (Å²) in [5.41, 5.74) is 10.6. The average molecular weight is 860 g/mol. The molecule has 0 spiro atoms. The minimum atomic E-state index is -0.268. The van der Waals surface area contributed by atoms with E-state index in [9.17, 15) is 14.7 Å². The van der Waals surface area contributed by atoms with Crippen molar-refractivity contribution >= 4 is 50.7 Å². The number of halogens is 2. The molecule has 57 heavy (non-hydrogen) atoms. The molecule has 0 radical (unpaired) electrons. The fourth-order valence-electron chi connectivity index (χ4n) is 6.62. The van der Waals surface area contributed by atoms with Crippen molar-refractivity contribution in [2.45, 2.75) is 79.8 Å². The van der Waals surface area contributed by atoms with Gasteiger partial charge in [-0.2, -0.15) is 0 Å². The van der Waals surface area contributed by atoms with Crippen molar-refractivity contribution in [3.05, 3.63) is 129 Å². The highest BCUT2D eigenvalue weighted by Crippen LogP contribution is 2.46. The zero-order chi connectivity index (χ0) is 42.1. The van der Waals surface area contributed by atoms with E-state index in [0.29, 0.717) is 23.6 Å². The Kier molecular flexibility index (Phi) is 15.9. The van der Waals surface area contributed by atoms with Crippen LogP contribution in [0.2, 0.25) is 0 Å². The standard InChI is InChI=1S/C23H26ClNO3.C20H21NO3.C4H9Br/c1-14-7-8-18(12-20(14)28-10-6-9-24)22-17(4)23(26)25(22)19-11-15(2)16(3)21(13-19)27-5;1-11-6-7-15(9-17(11)22)19-14(4)20(23)21(19)16-8-12(2)13(3)18(10-16)24-5;1-2-3-4-5/h7-8,11-13,22H,4,6,9-10H2,1-3,5H3;6-10,19,22H,4H2,1-3,5H3;2-4H2,1H3/t22-;19-;/m11./s1. The molecular weight excluding hydrogens is 804 g/mol. The third-order valence-electron chi connectivity index (χ3n) is 10.5. The van der Waals surface area contributed by atoms with Crippen LogP contribution in [0.4, 0.5) is 11.4 Å². The van der Waals surface area contributed by atoms with E-state index in [1.165, 1.54) is 12.8 Å². The summed E-state index contributed by atoms with van der Waals surface area (Å²) in [6, 6.07) is 18.8. The highest BCUT2D eigenvalue weighted by Gasteiger charge is 2.44. The molecule has 0 unspecified atom stereocenters. The highest BCUT2D eigenvalue weighted by molar-refractivity contribution is 9.09. The van der Waals surface area contributed by atoms with E-state index in [1.54, 1.807) is 30.1 Å². The van der Waals surface area contributed by atoms with Crippen LogP contribution in [0.3, 0.4) is 0 Å². The lowest BCUT2D eigenvalue weighted by Gasteiger charge is -2.43. The van der Waals surface area contributed by atoms with Crippen molar-refractivity contribution < 1.29 is 28.9 Å². The Balaban J connectivity index is 0.000000228. The Labute approximate surface area is 352 Å². The lowest BCUT2D eigenvalue weighted by atomic mass is 9.87. The van der Waals surface area contributed by atoms with Crippen LogP contribution in [0.15, 0.2) is 85.0 Å². The predicted molar refractivity (Wildman–Crippen MR) is 237 cm³/mol. The van der Waals surface area contributed by atoms with Gasteiger partial charge < -0.3 is 19.3 Å². The van der Waals surface area contributed by atoms with Crippen LogP contribution in [0, 0.1) is 41.5 Å². The minimum absolute atomic E-state index is 0.0690. The second-order valence-corrected chi connectivity index (χ2v) is 15.6. The van der Waals surface area contributed by atoms with Gasteiger partial charge in [-0.05, 0) is 123 Å². The summed E-state index contributed by atoms with van der Waals surface area (Å²) >= 11 is 9.06. The number of anilines is 2. The van der Waals surface area contributed by atoms with Crippen LogP contribution in [-0.4, -0.2) is 49.0 Å². The Morgan fingerprint density at radius 3 is 1.56 bits per heavy atom. The lowest BCUT2D eigenvalue weighted by Crippen LogP contribution is -2.48. The zero-order valence-corrected chi connectivity index (χ0v) is 37.1. The van der Waals surface area contributed by atoms with Crippen LogP contribution < -0.4 is 24.0 Å². The quantitative estimate of drug-likeness (QED) is 0.0661. The lowest BCUT2D eigenvalue weighted by molar-refractivity contribution is -0.119. The smallest absolute Gasteiger partial charge is 0.256 e. The maximum Gasteiger partial charge on any atom is 0.256 e. The van der Waals surface area contributed by atoms with E-state index >= 15 is 0 Å². The van der Waals surface area contributed by atoms with Gasteiger partial charge in [0.1, 0.15) is 23.0 Å². The SMILES string of the molecule is C=C1C(=O)N(c2cc(C)c(C)c(OC)c2)[C@H]1c1ccc(C)c(O)c1.C=C1C(=O)N(c2cc(C)c(C)c(OC)c2)[C@H]1c1ccc(C)c(OCCCCl)c1.CCCCBr. The monoisotopic (exact) mass is 858 g/mol. The number of nitrogens with zero attached hydrogens (tertiary/aromatic N) is 2. The molecule has 4 aromatic carbocycles. The first-order valence-corrected chi connectivity index (χ1v) is 20.8. The first-order chi connectivity index (χ1) is 27.1. The summed E-state index contributed by atoms with van der Waals surface area (Å²) < 4.78 is 16.8. The molecule has 0 saturated carbocycles. The van der Waals surface area contributed by atoms with Crippen molar-refractivity contribution in [2.75, 3.05) is 41.8 Å². The molecule has 2 aliphatic heterocycles. The Morgan fingerprint density at radius 1 is 0.684 bits per heavy atom. The summed E-state index contributed by atoms with van der Waals surface area (Å²) in [7, 11) is 3.27. The number of unbranched alkanes of at least 4 members (excludes halogenated alkanes) is 1. The predicted octanol–water partition coefficient (Wildman–Crippen LogP) is 11.4. The molecule has 0 bridgehead atoms. The molecule has 2 heterocycles. The number of benzene rings is 4. The number of hydrogen-bond donors (Lipinski definition) is 1. The number of carbonyl (C=O) groups is 2. The van der Waals surface area contributed by atoms with Gasteiger partial charge in [0.2, 0.25) is 0 Å². The fraction of sp³-hybridized carbons (Fsp3) is 0.362. The van der Waals surface area contributed by atoms with Crippen LogP contribution in [-0.2, 0) is 9.59 Å². The van der Waals surface area contributed by atoms with Crippen LogP contribution >= 0.6 is 27.5 Å². The number of aryl methyl sites for hydroxylation is 4. The Bertz CT molecular complexity index is 2130. The molecule has 10 heteroatoms. The molecule has 2 atom stereocenters. The Hall–Kier alpha value is -4.73. The number of rotatable bonds is 12. The van der Waals surface area contributed by atoms with Gasteiger partial charge in [-0.1, -0.05) is 66.7 Å². The maximum absolute atomic E-state index is 12.6. The molecule has 2 fully saturated rings. The Morgan fingerprint density at radius 2 is 1.16 bits per heavy atom. The van der Waals surface area contributed by atoms with Gasteiger partial charge in [0.05, 0.1) is 32.9 Å². The second-order valence-electron chi connectivity index (χ2n) is 14.4. The van der Waals surface area contributed by atoms with Crippen molar-refractivity contribution in [3.63, 3.8) is 0 Å². The second kappa shape index (κ2) is 20.1. The first-order valence-electron chi connectivity index (χ1n) is 19.1. The molecule has 8 nitrogen and oxygen atoms in total. The summed E-state index contributed by atoms with van der Waals surface area (Å²) in [4.78, 5) is 28.5. The van der Waals surface area contributed by atoms with Crippen LogP contribution in [0.25, 0.3) is 0 Å². The third kappa shape index (κ3) is 9.87. The van der Waals surface area contributed by atoms with E-state index in [-0.39, 0.29) is 29.6 Å². The number of carbonyl (C=O) groups excluding carboxylic acids is 2. The molecule has 0 aromatic heterocycles. The first kappa shape index (κ1) is 45.0. The van der Waals surface area contributed by atoms with E-state index in [1.807, 2.05) is 96.1 Å². The number of phenolic OH excluding ortho intramolecular Hbond substituents is 1. The van der Waals surface area contributed by atoms with Gasteiger partial charge in [-0.25, -0.2) is 0 Å². The maximum atomic E-state index is 12.6. The number of amides is 2. The molecule has 2 amide bonds. The van der Waals surface area contributed by atoms with Crippen molar-refractivity contribution in [1.29, 1.82) is 0 Å². The summed E-state index contributed by atoms with van der Waals surface area (Å²) in [5.74, 6) is 2.94. The van der Waals surface area contributed by atoms with Gasteiger partial charge >= 0.3 is 0 Å². The molecule has 1 N–H and O–H groups in total. The average Bonchev–Trinajstić information content (AvgIpc) is 3.20. The summed E-state index contributed by atoms with van der Waals surface area (Å²) in [5, 5.41) is 11.1. The largest absolute Gasteiger partial charge is 0.508 e. The molecular formula is C47H56BrClN2O6. The topological polar surface area (TPSA) is 88.5 Å². The highest BCUT2D eigenvalue weighted by atomic mass is 79.9. The van der Waals surface area contributed by atoms with Crippen molar-refractivity contribution in [3.8, 4) is 23.0 Å².